The molecule has 5 nitrogen and oxygen atoms in total. The van der Waals surface area contributed by atoms with E-state index in [4.69, 9.17) is 14.2 Å². The van der Waals surface area contributed by atoms with Crippen LogP contribution in [0, 0.1) is 22.7 Å². The first kappa shape index (κ1) is 17.1. The van der Waals surface area contributed by atoms with E-state index in [1.54, 1.807) is 0 Å². The van der Waals surface area contributed by atoms with Crippen LogP contribution in [0.2, 0.25) is 0 Å². The fourth-order valence-corrected chi connectivity index (χ4v) is 5.22. The highest BCUT2D eigenvalue weighted by molar-refractivity contribution is 5.86. The maximum Gasteiger partial charge on any atom is 0.321 e. The van der Waals surface area contributed by atoms with Crippen molar-refractivity contribution in [3.05, 3.63) is 11.6 Å². The highest BCUT2D eigenvalue weighted by Crippen LogP contribution is 2.71. The standard InChI is InChI=1S/C20H28O5/c1-6-11(2)14(21)23-15-18(4)12(3)8-7-9-13(18)10-20(15)16(22)24-17-19(20,5)25-17/h9,11-12,15,17H,6-8,10H2,1-5H3. The highest BCUT2D eigenvalue weighted by Gasteiger charge is 2.85. The normalized spacial score (nSPS) is 48.4. The molecule has 4 rings (SSSR count). The summed E-state index contributed by atoms with van der Waals surface area (Å²) in [6.45, 7) is 10.1. The molecule has 3 fully saturated rings. The molecule has 0 aromatic heterocycles. The Hall–Kier alpha value is -1.36. The van der Waals surface area contributed by atoms with Gasteiger partial charge in [0.1, 0.15) is 11.5 Å². The van der Waals surface area contributed by atoms with E-state index in [1.165, 1.54) is 5.57 Å². The van der Waals surface area contributed by atoms with Gasteiger partial charge >= 0.3 is 11.9 Å². The van der Waals surface area contributed by atoms with Gasteiger partial charge in [0.25, 0.3) is 0 Å². The van der Waals surface area contributed by atoms with Gasteiger partial charge in [-0.1, -0.05) is 39.3 Å². The average Bonchev–Trinajstić information content (AvgIpc) is 3.08. The summed E-state index contributed by atoms with van der Waals surface area (Å²) in [4.78, 5) is 25.6. The molecule has 7 unspecified atom stereocenters. The number of rotatable bonds is 3. The summed E-state index contributed by atoms with van der Waals surface area (Å²) in [5.74, 6) is -0.353. The summed E-state index contributed by atoms with van der Waals surface area (Å²) in [5.41, 5.74) is -0.724. The molecule has 138 valence electrons. The van der Waals surface area contributed by atoms with Gasteiger partial charge in [-0.05, 0) is 38.5 Å². The van der Waals surface area contributed by atoms with Crippen molar-refractivity contribution in [2.24, 2.45) is 22.7 Å². The Morgan fingerprint density at radius 3 is 2.76 bits per heavy atom. The number of ether oxygens (including phenoxy) is 3. The van der Waals surface area contributed by atoms with Crippen LogP contribution in [0.5, 0.6) is 0 Å². The molecule has 0 N–H and O–H groups in total. The minimum Gasteiger partial charge on any atom is -0.460 e. The molecule has 0 amide bonds. The van der Waals surface area contributed by atoms with Crippen molar-refractivity contribution >= 4 is 11.9 Å². The Morgan fingerprint density at radius 1 is 1.44 bits per heavy atom. The topological polar surface area (TPSA) is 65.1 Å². The predicted molar refractivity (Wildman–Crippen MR) is 90.3 cm³/mol. The van der Waals surface area contributed by atoms with Crippen LogP contribution >= 0.6 is 0 Å². The monoisotopic (exact) mass is 348 g/mol. The Labute approximate surface area is 149 Å². The van der Waals surface area contributed by atoms with Crippen molar-refractivity contribution in [2.75, 3.05) is 0 Å². The van der Waals surface area contributed by atoms with Crippen molar-refractivity contribution in [3.63, 3.8) is 0 Å². The van der Waals surface area contributed by atoms with Crippen molar-refractivity contribution in [1.29, 1.82) is 0 Å². The van der Waals surface area contributed by atoms with Gasteiger partial charge in [0.05, 0.1) is 5.92 Å². The number of carbonyl (C=O) groups excluding carboxylic acids is 2. The van der Waals surface area contributed by atoms with Crippen molar-refractivity contribution < 1.29 is 23.8 Å². The molecule has 0 radical (unpaired) electrons. The summed E-state index contributed by atoms with van der Waals surface area (Å²) in [5, 5.41) is 0. The van der Waals surface area contributed by atoms with Crippen LogP contribution in [0.25, 0.3) is 0 Å². The molecule has 7 atom stereocenters. The molecule has 4 aliphatic rings. The van der Waals surface area contributed by atoms with Crippen LogP contribution in [-0.4, -0.2) is 29.9 Å². The summed E-state index contributed by atoms with van der Waals surface area (Å²) >= 11 is 0. The first-order valence-corrected chi connectivity index (χ1v) is 9.50. The zero-order chi connectivity index (χ0) is 18.2. The first-order chi connectivity index (χ1) is 11.7. The van der Waals surface area contributed by atoms with Crippen LogP contribution in [0.3, 0.4) is 0 Å². The lowest BCUT2D eigenvalue weighted by atomic mass is 9.64. The van der Waals surface area contributed by atoms with Gasteiger partial charge in [-0.25, -0.2) is 0 Å². The van der Waals surface area contributed by atoms with Crippen LogP contribution in [0.4, 0.5) is 0 Å². The Balaban J connectivity index is 1.82. The second kappa shape index (κ2) is 5.09. The van der Waals surface area contributed by atoms with Crippen molar-refractivity contribution in [2.45, 2.75) is 78.3 Å². The maximum absolute atomic E-state index is 12.9. The molecular weight excluding hydrogens is 320 g/mol. The number of carbonyl (C=O) groups is 2. The minimum atomic E-state index is -0.917. The first-order valence-electron chi connectivity index (χ1n) is 9.50. The van der Waals surface area contributed by atoms with Crippen molar-refractivity contribution in [1.82, 2.24) is 0 Å². The van der Waals surface area contributed by atoms with Gasteiger partial charge in [0.15, 0.2) is 5.60 Å². The molecular formula is C20H28O5. The van der Waals surface area contributed by atoms with E-state index in [9.17, 15) is 9.59 Å². The molecule has 0 bridgehead atoms. The summed E-state index contributed by atoms with van der Waals surface area (Å²) in [7, 11) is 0. The Bertz CT molecular complexity index is 669. The maximum atomic E-state index is 12.9. The zero-order valence-electron chi connectivity index (χ0n) is 15.8. The lowest BCUT2D eigenvalue weighted by Gasteiger charge is -2.44. The number of fused-ring (bicyclic) bond motifs is 3. The molecule has 0 aromatic rings. The summed E-state index contributed by atoms with van der Waals surface area (Å²) < 4.78 is 17.4. The Kier molecular flexibility index (Phi) is 3.48. The third-order valence-corrected chi connectivity index (χ3v) is 7.62. The minimum absolute atomic E-state index is 0.186. The SMILES string of the molecule is CCC(C)C(=O)OC1C2(C)C(=CCCC2C)CC12C(=O)OC1OC12C. The molecule has 5 heteroatoms. The predicted octanol–water partition coefficient (Wildman–Crippen LogP) is 3.37. The van der Waals surface area contributed by atoms with Gasteiger partial charge in [0, 0.05) is 5.41 Å². The molecule has 1 spiro atoms. The number of hydrogen-bond donors (Lipinski definition) is 0. The number of epoxide rings is 1. The van der Waals surface area contributed by atoms with E-state index in [1.807, 2.05) is 20.8 Å². The highest BCUT2D eigenvalue weighted by atomic mass is 16.8. The van der Waals surface area contributed by atoms with Crippen LogP contribution in [0.15, 0.2) is 11.6 Å². The number of hydrogen-bond acceptors (Lipinski definition) is 5. The molecule has 1 saturated carbocycles. The number of allylic oxidation sites excluding steroid dienone is 1. The van der Waals surface area contributed by atoms with E-state index in [2.05, 4.69) is 19.9 Å². The lowest BCUT2D eigenvalue weighted by Crippen LogP contribution is -2.54. The third kappa shape index (κ3) is 1.88. The Morgan fingerprint density at radius 2 is 2.16 bits per heavy atom. The lowest BCUT2D eigenvalue weighted by molar-refractivity contribution is -0.186. The van der Waals surface area contributed by atoms with E-state index >= 15 is 0 Å². The molecule has 2 aliphatic heterocycles. The number of esters is 2. The zero-order valence-corrected chi connectivity index (χ0v) is 15.8. The average molecular weight is 348 g/mol. The van der Waals surface area contributed by atoms with Crippen LogP contribution < -0.4 is 0 Å². The van der Waals surface area contributed by atoms with Gasteiger partial charge < -0.3 is 14.2 Å². The van der Waals surface area contributed by atoms with Gasteiger partial charge in [0.2, 0.25) is 6.29 Å². The second-order valence-electron chi connectivity index (χ2n) is 8.73. The van der Waals surface area contributed by atoms with Crippen LogP contribution in [-0.2, 0) is 23.8 Å². The quantitative estimate of drug-likeness (QED) is 0.444. The smallest absolute Gasteiger partial charge is 0.321 e. The van der Waals surface area contributed by atoms with Crippen molar-refractivity contribution in [3.8, 4) is 0 Å². The van der Waals surface area contributed by atoms with Gasteiger partial charge in [-0.3, -0.25) is 9.59 Å². The van der Waals surface area contributed by atoms with Gasteiger partial charge in [-0.15, -0.1) is 0 Å². The molecule has 25 heavy (non-hydrogen) atoms. The molecule has 2 heterocycles. The van der Waals surface area contributed by atoms with Crippen LogP contribution in [0.1, 0.15) is 60.3 Å². The molecule has 0 aromatic carbocycles. The second-order valence-corrected chi connectivity index (χ2v) is 8.73. The van der Waals surface area contributed by atoms with E-state index < -0.39 is 23.4 Å². The van der Waals surface area contributed by atoms with E-state index in [0.29, 0.717) is 18.8 Å². The summed E-state index contributed by atoms with van der Waals surface area (Å²) in [6, 6.07) is 0. The van der Waals surface area contributed by atoms with E-state index in [-0.39, 0.29) is 23.3 Å². The fraction of sp³-hybridized carbons (Fsp3) is 0.800. The summed E-state index contributed by atoms with van der Waals surface area (Å²) in [6.07, 6.45) is 4.53. The van der Waals surface area contributed by atoms with E-state index in [0.717, 1.165) is 12.8 Å². The van der Waals surface area contributed by atoms with Gasteiger partial charge in [-0.2, -0.15) is 0 Å². The molecule has 2 aliphatic carbocycles. The third-order valence-electron chi connectivity index (χ3n) is 7.62. The molecule has 2 saturated heterocycles. The fourth-order valence-electron chi connectivity index (χ4n) is 5.22. The largest absolute Gasteiger partial charge is 0.460 e.